The minimum absolute atomic E-state index is 0.0277. The smallest absolute Gasteiger partial charge is 0.252 e. The van der Waals surface area contributed by atoms with Crippen molar-refractivity contribution in [1.82, 2.24) is 5.32 Å². The van der Waals surface area contributed by atoms with Gasteiger partial charge in [-0.3, -0.25) is 4.79 Å². The van der Waals surface area contributed by atoms with Crippen molar-refractivity contribution in [3.63, 3.8) is 0 Å². The number of hydrogen-bond acceptors (Lipinski definition) is 2. The topological polar surface area (TPSA) is 52.9 Å². The van der Waals surface area contributed by atoms with Gasteiger partial charge in [-0.25, -0.2) is 8.78 Å². The van der Waals surface area contributed by atoms with Gasteiger partial charge in [0.25, 0.3) is 5.91 Å². The van der Waals surface area contributed by atoms with E-state index in [1.165, 1.54) is 6.07 Å². The van der Waals surface area contributed by atoms with Gasteiger partial charge in [-0.1, -0.05) is 19.3 Å². The van der Waals surface area contributed by atoms with E-state index in [0.717, 1.165) is 44.2 Å². The highest BCUT2D eigenvalue weighted by Crippen LogP contribution is 2.26. The minimum atomic E-state index is -1.07. The molecule has 0 aliphatic heterocycles. The van der Waals surface area contributed by atoms with Gasteiger partial charge in [-0.2, -0.15) is 5.26 Å². The molecule has 1 amide bonds. The van der Waals surface area contributed by atoms with E-state index in [1.54, 1.807) is 0 Å². The second-order valence-electron chi connectivity index (χ2n) is 5.11. The van der Waals surface area contributed by atoms with E-state index in [2.05, 4.69) is 11.4 Å². The zero-order valence-electron chi connectivity index (χ0n) is 11.0. The molecular weight excluding hydrogens is 262 g/mol. The molecule has 1 aliphatic rings. The lowest BCUT2D eigenvalue weighted by atomic mass is 9.84. The van der Waals surface area contributed by atoms with Crippen LogP contribution in [0.2, 0.25) is 0 Å². The molecule has 0 aromatic heterocycles. The molecule has 1 aromatic rings. The summed E-state index contributed by atoms with van der Waals surface area (Å²) in [6.45, 7) is 0. The van der Waals surface area contributed by atoms with Crippen LogP contribution in [0.1, 0.15) is 42.5 Å². The highest BCUT2D eigenvalue weighted by Gasteiger charge is 2.25. The summed E-state index contributed by atoms with van der Waals surface area (Å²) in [4.78, 5) is 12.0. The molecule has 1 atom stereocenters. The summed E-state index contributed by atoms with van der Waals surface area (Å²) in [6, 6.07) is 4.49. The van der Waals surface area contributed by atoms with Crippen LogP contribution in [0.3, 0.4) is 0 Å². The maximum Gasteiger partial charge on any atom is 0.252 e. The number of carbonyl (C=O) groups excluding carboxylic acids is 1. The summed E-state index contributed by atoms with van der Waals surface area (Å²) in [5, 5.41) is 11.8. The van der Waals surface area contributed by atoms with Crippen molar-refractivity contribution in [3.8, 4) is 6.07 Å². The number of nitriles is 1. The van der Waals surface area contributed by atoms with Crippen molar-refractivity contribution in [1.29, 1.82) is 5.26 Å². The van der Waals surface area contributed by atoms with Gasteiger partial charge in [0.2, 0.25) is 0 Å². The molecule has 106 valence electrons. The zero-order chi connectivity index (χ0) is 14.5. The van der Waals surface area contributed by atoms with E-state index in [1.807, 2.05) is 0 Å². The average molecular weight is 278 g/mol. The number of carbonyl (C=O) groups is 1. The van der Waals surface area contributed by atoms with Crippen LogP contribution in [0.5, 0.6) is 0 Å². The molecule has 1 saturated carbocycles. The van der Waals surface area contributed by atoms with Gasteiger partial charge < -0.3 is 5.32 Å². The van der Waals surface area contributed by atoms with Crippen LogP contribution >= 0.6 is 0 Å². The maximum atomic E-state index is 13.1. The lowest BCUT2D eigenvalue weighted by Crippen LogP contribution is -2.40. The fourth-order valence-corrected chi connectivity index (χ4v) is 2.58. The molecule has 20 heavy (non-hydrogen) atoms. The monoisotopic (exact) mass is 278 g/mol. The molecule has 1 fully saturated rings. The second kappa shape index (κ2) is 6.47. The Balaban J connectivity index is 2.05. The number of nitrogens with zero attached hydrogens (tertiary/aromatic N) is 1. The molecule has 1 N–H and O–H groups in total. The lowest BCUT2D eigenvalue weighted by molar-refractivity contribution is 0.0928. The van der Waals surface area contributed by atoms with Crippen molar-refractivity contribution in [2.24, 2.45) is 5.92 Å². The Morgan fingerprint density at radius 3 is 2.55 bits per heavy atom. The number of amides is 1. The number of halogens is 2. The molecule has 0 heterocycles. The quantitative estimate of drug-likeness (QED) is 0.923. The van der Waals surface area contributed by atoms with Crippen LogP contribution in [-0.2, 0) is 0 Å². The van der Waals surface area contributed by atoms with E-state index < -0.39 is 23.6 Å². The van der Waals surface area contributed by atoms with E-state index in [4.69, 9.17) is 0 Å². The van der Waals surface area contributed by atoms with Crippen molar-refractivity contribution >= 4 is 5.91 Å². The highest BCUT2D eigenvalue weighted by molar-refractivity contribution is 5.94. The lowest BCUT2D eigenvalue weighted by Gasteiger charge is -2.26. The Kier molecular flexibility index (Phi) is 4.67. The van der Waals surface area contributed by atoms with E-state index in [9.17, 15) is 18.8 Å². The summed E-state index contributed by atoms with van der Waals surface area (Å²) >= 11 is 0. The van der Waals surface area contributed by atoms with Crippen LogP contribution in [0, 0.1) is 28.9 Å². The molecule has 1 unspecified atom stereocenters. The van der Waals surface area contributed by atoms with Crippen LogP contribution < -0.4 is 5.32 Å². The van der Waals surface area contributed by atoms with Gasteiger partial charge in [0.1, 0.15) is 6.04 Å². The van der Waals surface area contributed by atoms with Gasteiger partial charge in [0, 0.05) is 5.56 Å². The molecule has 0 bridgehead atoms. The first kappa shape index (κ1) is 14.4. The van der Waals surface area contributed by atoms with Crippen molar-refractivity contribution in [3.05, 3.63) is 35.4 Å². The predicted molar refractivity (Wildman–Crippen MR) is 69.8 cm³/mol. The van der Waals surface area contributed by atoms with Crippen LogP contribution in [0.15, 0.2) is 18.2 Å². The Bertz CT molecular complexity index is 533. The maximum absolute atomic E-state index is 13.1. The van der Waals surface area contributed by atoms with Gasteiger partial charge in [0.05, 0.1) is 6.07 Å². The minimum Gasteiger partial charge on any atom is -0.336 e. The Morgan fingerprint density at radius 1 is 1.25 bits per heavy atom. The molecule has 1 aromatic carbocycles. The summed E-state index contributed by atoms with van der Waals surface area (Å²) in [5.41, 5.74) is 0.0277. The van der Waals surface area contributed by atoms with E-state index in [-0.39, 0.29) is 11.5 Å². The molecule has 2 rings (SSSR count). The molecular formula is C15H16F2N2O. The Labute approximate surface area is 116 Å². The van der Waals surface area contributed by atoms with Gasteiger partial charge >= 0.3 is 0 Å². The third-order valence-electron chi connectivity index (χ3n) is 3.73. The van der Waals surface area contributed by atoms with Gasteiger partial charge in [-0.05, 0) is 37.0 Å². The van der Waals surface area contributed by atoms with Crippen molar-refractivity contribution in [2.45, 2.75) is 38.1 Å². The average Bonchev–Trinajstić information content (AvgIpc) is 2.48. The fourth-order valence-electron chi connectivity index (χ4n) is 2.58. The number of nitrogens with one attached hydrogen (secondary N) is 1. The largest absolute Gasteiger partial charge is 0.336 e. The number of rotatable bonds is 3. The molecule has 0 spiro atoms. The van der Waals surface area contributed by atoms with Crippen LogP contribution in [-0.4, -0.2) is 11.9 Å². The summed E-state index contributed by atoms with van der Waals surface area (Å²) < 4.78 is 25.9. The zero-order valence-corrected chi connectivity index (χ0v) is 11.0. The van der Waals surface area contributed by atoms with E-state index in [0.29, 0.717) is 0 Å². The molecule has 3 nitrogen and oxygen atoms in total. The molecule has 0 radical (unpaired) electrons. The highest BCUT2D eigenvalue weighted by atomic mass is 19.2. The number of benzene rings is 1. The Morgan fingerprint density at radius 2 is 1.95 bits per heavy atom. The third-order valence-corrected chi connectivity index (χ3v) is 3.73. The molecule has 0 saturated heterocycles. The van der Waals surface area contributed by atoms with Crippen molar-refractivity contribution in [2.75, 3.05) is 0 Å². The molecule has 1 aliphatic carbocycles. The summed E-state index contributed by atoms with van der Waals surface area (Å²) in [6.07, 6.45) is 5.10. The van der Waals surface area contributed by atoms with Gasteiger partial charge in [-0.15, -0.1) is 0 Å². The summed E-state index contributed by atoms with van der Waals surface area (Å²) in [7, 11) is 0. The normalized spacial score (nSPS) is 17.2. The van der Waals surface area contributed by atoms with Crippen LogP contribution in [0.4, 0.5) is 8.78 Å². The predicted octanol–water partition coefficient (Wildman–Crippen LogP) is 3.17. The first-order valence-electron chi connectivity index (χ1n) is 6.77. The van der Waals surface area contributed by atoms with Crippen molar-refractivity contribution < 1.29 is 13.6 Å². The standard InChI is InChI=1S/C15H16F2N2O/c16-12-7-6-11(8-13(12)17)15(20)19-14(9-18)10-4-2-1-3-5-10/h6-8,10,14H,1-5H2,(H,19,20). The third kappa shape index (κ3) is 3.32. The van der Waals surface area contributed by atoms with Crippen LogP contribution in [0.25, 0.3) is 0 Å². The first-order valence-corrected chi connectivity index (χ1v) is 6.77. The SMILES string of the molecule is N#CC(NC(=O)c1ccc(F)c(F)c1)C1CCCCC1. The summed E-state index contributed by atoms with van der Waals surface area (Å²) in [5.74, 6) is -2.46. The fraction of sp³-hybridized carbons (Fsp3) is 0.467. The second-order valence-corrected chi connectivity index (χ2v) is 5.11. The number of hydrogen-bond donors (Lipinski definition) is 1. The molecule has 5 heteroatoms. The first-order chi connectivity index (χ1) is 9.61. The van der Waals surface area contributed by atoms with Gasteiger partial charge in [0.15, 0.2) is 11.6 Å². The van der Waals surface area contributed by atoms with E-state index >= 15 is 0 Å². The Hall–Kier alpha value is -1.96.